The number of carbonyl (C=O) groups is 2. The van der Waals surface area contributed by atoms with Gasteiger partial charge in [-0.05, 0) is 89.3 Å². The highest BCUT2D eigenvalue weighted by Crippen LogP contribution is 2.40. The maximum atomic E-state index is 13.6. The van der Waals surface area contributed by atoms with E-state index in [0.717, 1.165) is 17.0 Å². The molecule has 210 valence electrons. The van der Waals surface area contributed by atoms with Gasteiger partial charge in [-0.3, -0.25) is 9.69 Å². The molecule has 1 aliphatic carbocycles. The number of alkyl carbamates (subject to hydrolysis) is 1. The van der Waals surface area contributed by atoms with Crippen LogP contribution in [0.25, 0.3) is 0 Å². The predicted octanol–water partition coefficient (Wildman–Crippen LogP) is 5.71. The first kappa shape index (κ1) is 28.9. The number of rotatable bonds is 6. The number of amides is 2. The Labute approximate surface area is 234 Å². The molecule has 1 saturated heterocycles. The van der Waals surface area contributed by atoms with Crippen LogP contribution in [0.3, 0.4) is 0 Å². The van der Waals surface area contributed by atoms with E-state index in [1.807, 2.05) is 0 Å². The molecule has 0 aromatic heterocycles. The number of hydrogen-bond donors (Lipinski definition) is 1. The predicted molar refractivity (Wildman–Crippen MR) is 146 cm³/mol. The fourth-order valence-corrected chi connectivity index (χ4v) is 4.69. The van der Waals surface area contributed by atoms with Crippen LogP contribution < -0.4 is 19.9 Å². The first-order valence-corrected chi connectivity index (χ1v) is 12.6. The number of hydrogen-bond acceptors (Lipinski definition) is 6. The molecule has 1 N–H and O–H groups in total. The third-order valence-corrected chi connectivity index (χ3v) is 6.60. The fraction of sp³-hybridized carbons (Fsp3) is 0.357. The monoisotopic (exact) mass is 572 g/mol. The van der Waals surface area contributed by atoms with Gasteiger partial charge in [0.2, 0.25) is 0 Å². The average Bonchev–Trinajstić information content (AvgIpc) is 3.57. The lowest BCUT2D eigenvalue weighted by molar-refractivity contribution is -0.137. The maximum absolute atomic E-state index is 13.6. The van der Waals surface area contributed by atoms with Crippen LogP contribution in [0.5, 0.6) is 5.75 Å². The Bertz CT molecular complexity index is 1430. The van der Waals surface area contributed by atoms with Crippen molar-refractivity contribution in [1.82, 2.24) is 5.32 Å². The van der Waals surface area contributed by atoms with E-state index in [1.54, 1.807) is 75.9 Å². The van der Waals surface area contributed by atoms with Crippen molar-refractivity contribution in [3.63, 3.8) is 0 Å². The molecule has 0 radical (unpaired) electrons. The number of carbonyl (C=O) groups excluding carboxylic acids is 2. The fourth-order valence-electron chi connectivity index (χ4n) is 4.16. The Hall–Kier alpha value is -4.11. The number of nitrogens with one attached hydrogen (secondary N) is 1. The second kappa shape index (κ2) is 9.82. The molecule has 2 aliphatic rings. The van der Waals surface area contributed by atoms with E-state index in [0.29, 0.717) is 11.4 Å². The van der Waals surface area contributed by atoms with E-state index in [9.17, 15) is 22.8 Å². The van der Waals surface area contributed by atoms with E-state index < -0.39 is 46.0 Å². The molecule has 2 aromatic rings. The number of nitriles is 1. The second-order valence-corrected chi connectivity index (χ2v) is 11.3. The van der Waals surface area contributed by atoms with Gasteiger partial charge >= 0.3 is 12.3 Å². The number of nitrogens with zero attached hydrogens (tertiary/aromatic N) is 3. The highest BCUT2D eigenvalue weighted by atomic mass is 32.1. The summed E-state index contributed by atoms with van der Waals surface area (Å²) in [5, 5.41) is 11.8. The number of anilines is 2. The van der Waals surface area contributed by atoms with Crippen LogP contribution in [0, 0.1) is 11.3 Å². The lowest BCUT2D eigenvalue weighted by Gasteiger charge is -2.29. The van der Waals surface area contributed by atoms with Gasteiger partial charge in [0.05, 0.1) is 22.9 Å². The number of benzene rings is 2. The zero-order chi connectivity index (χ0) is 29.7. The van der Waals surface area contributed by atoms with Crippen molar-refractivity contribution < 1.29 is 32.2 Å². The third-order valence-electron chi connectivity index (χ3n) is 6.23. The van der Waals surface area contributed by atoms with Gasteiger partial charge in [-0.15, -0.1) is 0 Å². The largest absolute Gasteiger partial charge is 0.490 e. The number of halogens is 3. The Morgan fingerprint density at radius 1 is 1.07 bits per heavy atom. The normalized spacial score (nSPS) is 17.5. The highest BCUT2D eigenvalue weighted by Gasteiger charge is 2.50. The number of ether oxygens (including phenoxy) is 2. The Balaban J connectivity index is 1.50. The van der Waals surface area contributed by atoms with Gasteiger partial charge in [-0.2, -0.15) is 18.4 Å². The average molecular weight is 573 g/mol. The van der Waals surface area contributed by atoms with Gasteiger partial charge in [-0.1, -0.05) is 12.2 Å². The molecular weight excluding hydrogens is 545 g/mol. The molecular formula is C28H27F3N4O4S. The van der Waals surface area contributed by atoms with Gasteiger partial charge in [0.25, 0.3) is 5.91 Å². The summed E-state index contributed by atoms with van der Waals surface area (Å²) in [4.78, 5) is 28.1. The van der Waals surface area contributed by atoms with E-state index in [1.165, 1.54) is 12.1 Å². The molecule has 1 heterocycles. The molecule has 0 saturated carbocycles. The number of thiocarbonyl (C=S) groups is 1. The Morgan fingerprint density at radius 3 is 2.20 bits per heavy atom. The summed E-state index contributed by atoms with van der Waals surface area (Å²) >= 11 is 5.56. The van der Waals surface area contributed by atoms with Crippen LogP contribution in [-0.2, 0) is 15.7 Å². The molecule has 0 spiro atoms. The smallest absolute Gasteiger partial charge is 0.417 e. The summed E-state index contributed by atoms with van der Waals surface area (Å²) in [6.45, 7) is 8.66. The second-order valence-electron chi connectivity index (χ2n) is 10.9. The molecule has 12 heteroatoms. The molecule has 2 aromatic carbocycles. The molecule has 1 aliphatic heterocycles. The molecule has 40 heavy (non-hydrogen) atoms. The first-order valence-electron chi connectivity index (χ1n) is 12.2. The third kappa shape index (κ3) is 5.74. The molecule has 8 nitrogen and oxygen atoms in total. The van der Waals surface area contributed by atoms with Crippen molar-refractivity contribution in [2.75, 3.05) is 16.4 Å². The minimum atomic E-state index is -4.78. The topological polar surface area (TPSA) is 94.9 Å². The minimum Gasteiger partial charge on any atom is -0.490 e. The summed E-state index contributed by atoms with van der Waals surface area (Å²) in [7, 11) is 0. The van der Waals surface area contributed by atoms with Crippen molar-refractivity contribution in [1.29, 1.82) is 5.26 Å². The summed E-state index contributed by atoms with van der Waals surface area (Å²) in [6.07, 6.45) is -1.79. The summed E-state index contributed by atoms with van der Waals surface area (Å²) in [6, 6.07) is 11.2. The van der Waals surface area contributed by atoms with Gasteiger partial charge in [0.15, 0.2) is 5.11 Å². The van der Waals surface area contributed by atoms with Crippen LogP contribution >= 0.6 is 12.2 Å². The van der Waals surface area contributed by atoms with Gasteiger partial charge in [-0.25, -0.2) is 4.79 Å². The molecule has 0 unspecified atom stereocenters. The van der Waals surface area contributed by atoms with Crippen LogP contribution in [-0.4, -0.2) is 40.4 Å². The lowest BCUT2D eigenvalue weighted by atomic mass is 10.0. The summed E-state index contributed by atoms with van der Waals surface area (Å²) < 4.78 is 51.8. The quantitative estimate of drug-likeness (QED) is 0.350. The van der Waals surface area contributed by atoms with Crippen molar-refractivity contribution in [2.45, 2.75) is 57.5 Å². The van der Waals surface area contributed by atoms with E-state index in [2.05, 4.69) is 5.32 Å². The van der Waals surface area contributed by atoms with E-state index in [-0.39, 0.29) is 17.4 Å². The summed E-state index contributed by atoms with van der Waals surface area (Å²) in [5.74, 6) is -0.0403. The van der Waals surface area contributed by atoms with Crippen LogP contribution in [0.4, 0.5) is 29.3 Å². The van der Waals surface area contributed by atoms with E-state index in [4.69, 9.17) is 27.0 Å². The molecule has 0 bridgehead atoms. The number of alkyl halides is 3. The van der Waals surface area contributed by atoms with Gasteiger partial charge in [0.1, 0.15) is 29.0 Å². The van der Waals surface area contributed by atoms with E-state index >= 15 is 0 Å². The standard InChI is InChI=1S/C28H27F3N4O4S/c1-25(2,3)39-23(37)33-27(12-13-27)16-38-20-10-8-18(9-11-20)35-24(40)34(22(36)26(35,4)5)19-7-6-17(15-32)21(14-19)28(29,30)31/h6-14H,16H2,1-5H3,(H,33,37). The molecule has 1 fully saturated rings. The molecule has 2 amide bonds. The zero-order valence-corrected chi connectivity index (χ0v) is 23.2. The van der Waals surface area contributed by atoms with Crippen LogP contribution in [0.2, 0.25) is 0 Å². The molecule has 4 rings (SSSR count). The zero-order valence-electron chi connectivity index (χ0n) is 22.4. The molecule has 0 atom stereocenters. The van der Waals surface area contributed by atoms with Crippen molar-refractivity contribution in [3.05, 3.63) is 65.7 Å². The van der Waals surface area contributed by atoms with Gasteiger partial charge < -0.3 is 19.7 Å². The lowest BCUT2D eigenvalue weighted by Crippen LogP contribution is -2.45. The Morgan fingerprint density at radius 2 is 1.68 bits per heavy atom. The highest BCUT2D eigenvalue weighted by molar-refractivity contribution is 7.81. The van der Waals surface area contributed by atoms with Crippen molar-refractivity contribution >= 4 is 40.7 Å². The van der Waals surface area contributed by atoms with Crippen LogP contribution in [0.15, 0.2) is 54.6 Å². The first-order chi connectivity index (χ1) is 18.5. The minimum absolute atomic E-state index is 0.0100. The van der Waals surface area contributed by atoms with Crippen molar-refractivity contribution in [3.8, 4) is 11.8 Å². The van der Waals surface area contributed by atoms with Gasteiger partial charge in [0, 0.05) is 5.69 Å². The SMILES string of the molecule is CC(C)(C)OC(=O)NC1(COc2ccc(N3C(=S)N(c4ccc(C#N)c(C(F)(F)F)c4)C(=O)C3(C)C)cc2)C=C1. The maximum Gasteiger partial charge on any atom is 0.417 e. The van der Waals surface area contributed by atoms with Crippen molar-refractivity contribution in [2.24, 2.45) is 0 Å². The summed E-state index contributed by atoms with van der Waals surface area (Å²) in [5.41, 5.74) is -3.87. The van der Waals surface area contributed by atoms with Crippen LogP contribution in [0.1, 0.15) is 45.7 Å². The Kier molecular flexibility index (Phi) is 7.09.